The van der Waals surface area contributed by atoms with E-state index in [1.54, 1.807) is 0 Å². The highest BCUT2D eigenvalue weighted by Crippen LogP contribution is 2.21. The number of likely N-dealkylation sites (tertiary alicyclic amines) is 1. The molecule has 1 aromatic heterocycles. The van der Waals surface area contributed by atoms with Crippen molar-refractivity contribution < 1.29 is 4.79 Å². The van der Waals surface area contributed by atoms with Crippen LogP contribution >= 0.6 is 0 Å². The third-order valence-electron chi connectivity index (χ3n) is 4.41. The molecule has 1 aromatic carbocycles. The minimum absolute atomic E-state index is 0.0569. The molecule has 2 N–H and O–H groups in total. The topological polar surface area (TPSA) is 75.1 Å². The summed E-state index contributed by atoms with van der Waals surface area (Å²) < 4.78 is 2.05. The molecule has 5 heteroatoms. The SMILES string of the molecule is N#Cc1ccccc1-n1cccc1CN1CCCC(C(N)=O)C1. The zero-order chi connectivity index (χ0) is 16.2. The summed E-state index contributed by atoms with van der Waals surface area (Å²) in [6.45, 7) is 2.42. The fourth-order valence-corrected chi connectivity index (χ4v) is 3.22. The van der Waals surface area contributed by atoms with Crippen LogP contribution in [0.3, 0.4) is 0 Å². The predicted molar refractivity (Wildman–Crippen MR) is 87.7 cm³/mol. The molecule has 1 saturated heterocycles. The Labute approximate surface area is 135 Å². The van der Waals surface area contributed by atoms with E-state index in [1.807, 2.05) is 41.1 Å². The Bertz CT molecular complexity index is 743. The van der Waals surface area contributed by atoms with Gasteiger partial charge in [-0.15, -0.1) is 0 Å². The smallest absolute Gasteiger partial charge is 0.221 e. The van der Waals surface area contributed by atoms with Gasteiger partial charge in [-0.2, -0.15) is 5.26 Å². The minimum atomic E-state index is -0.208. The summed E-state index contributed by atoms with van der Waals surface area (Å²) in [5.41, 5.74) is 8.10. The molecule has 1 aliphatic heterocycles. The number of nitrogens with zero attached hydrogens (tertiary/aromatic N) is 3. The van der Waals surface area contributed by atoms with Gasteiger partial charge in [-0.05, 0) is 43.7 Å². The van der Waals surface area contributed by atoms with Crippen LogP contribution in [0.25, 0.3) is 5.69 Å². The first kappa shape index (κ1) is 15.3. The number of nitriles is 1. The summed E-state index contributed by atoms with van der Waals surface area (Å²) in [6, 6.07) is 13.9. The summed E-state index contributed by atoms with van der Waals surface area (Å²) in [4.78, 5) is 13.7. The van der Waals surface area contributed by atoms with E-state index in [0.29, 0.717) is 12.1 Å². The van der Waals surface area contributed by atoms with E-state index in [2.05, 4.69) is 17.0 Å². The van der Waals surface area contributed by atoms with Crippen LogP contribution in [0.5, 0.6) is 0 Å². The first-order valence-electron chi connectivity index (χ1n) is 7.86. The summed E-state index contributed by atoms with van der Waals surface area (Å²) in [7, 11) is 0. The van der Waals surface area contributed by atoms with Gasteiger partial charge >= 0.3 is 0 Å². The lowest BCUT2D eigenvalue weighted by molar-refractivity contribution is -0.123. The van der Waals surface area contributed by atoms with Crippen molar-refractivity contribution in [3.8, 4) is 11.8 Å². The molecule has 2 heterocycles. The number of amides is 1. The first-order valence-corrected chi connectivity index (χ1v) is 7.86. The Morgan fingerprint density at radius 1 is 1.30 bits per heavy atom. The van der Waals surface area contributed by atoms with Crippen LogP contribution in [-0.2, 0) is 11.3 Å². The quantitative estimate of drug-likeness (QED) is 0.939. The van der Waals surface area contributed by atoms with Gasteiger partial charge in [-0.25, -0.2) is 0 Å². The largest absolute Gasteiger partial charge is 0.369 e. The summed E-state index contributed by atoms with van der Waals surface area (Å²) in [6.07, 6.45) is 3.84. The van der Waals surface area contributed by atoms with Crippen LogP contribution in [0.4, 0.5) is 0 Å². The number of hydrogen-bond acceptors (Lipinski definition) is 3. The number of para-hydroxylation sites is 1. The van der Waals surface area contributed by atoms with Crippen LogP contribution < -0.4 is 5.73 Å². The maximum absolute atomic E-state index is 11.4. The maximum atomic E-state index is 11.4. The number of nitrogens with two attached hydrogens (primary N) is 1. The number of hydrogen-bond donors (Lipinski definition) is 1. The molecule has 5 nitrogen and oxygen atoms in total. The molecular formula is C18H20N4O. The van der Waals surface area contributed by atoms with Gasteiger partial charge in [0.25, 0.3) is 0 Å². The molecule has 1 aliphatic rings. The molecule has 1 atom stereocenters. The van der Waals surface area contributed by atoms with E-state index < -0.39 is 0 Å². The number of carbonyl (C=O) groups is 1. The van der Waals surface area contributed by atoms with E-state index in [0.717, 1.165) is 37.3 Å². The highest BCUT2D eigenvalue weighted by Gasteiger charge is 2.24. The Morgan fingerprint density at radius 2 is 2.13 bits per heavy atom. The van der Waals surface area contributed by atoms with Crippen LogP contribution in [-0.4, -0.2) is 28.5 Å². The average Bonchev–Trinajstić information content (AvgIpc) is 3.03. The normalized spacial score (nSPS) is 18.5. The highest BCUT2D eigenvalue weighted by molar-refractivity contribution is 5.76. The van der Waals surface area contributed by atoms with Crippen LogP contribution in [0.15, 0.2) is 42.6 Å². The van der Waals surface area contributed by atoms with Crippen molar-refractivity contribution in [3.63, 3.8) is 0 Å². The maximum Gasteiger partial charge on any atom is 0.221 e. The number of piperidine rings is 1. The van der Waals surface area contributed by atoms with E-state index in [4.69, 9.17) is 5.73 Å². The lowest BCUT2D eigenvalue weighted by Gasteiger charge is -2.31. The second-order valence-corrected chi connectivity index (χ2v) is 5.98. The zero-order valence-electron chi connectivity index (χ0n) is 13.0. The van der Waals surface area contributed by atoms with Crippen molar-refractivity contribution in [1.29, 1.82) is 5.26 Å². The molecule has 0 radical (unpaired) electrons. The Balaban J connectivity index is 1.82. The highest BCUT2D eigenvalue weighted by atomic mass is 16.1. The lowest BCUT2D eigenvalue weighted by Crippen LogP contribution is -2.40. The molecular weight excluding hydrogens is 288 g/mol. The lowest BCUT2D eigenvalue weighted by atomic mass is 9.97. The Hall–Kier alpha value is -2.58. The van der Waals surface area contributed by atoms with Crippen molar-refractivity contribution in [2.75, 3.05) is 13.1 Å². The van der Waals surface area contributed by atoms with Crippen molar-refractivity contribution in [3.05, 3.63) is 53.9 Å². The zero-order valence-corrected chi connectivity index (χ0v) is 13.0. The molecule has 0 aliphatic carbocycles. The molecule has 3 rings (SSSR count). The molecule has 23 heavy (non-hydrogen) atoms. The average molecular weight is 308 g/mol. The fraction of sp³-hybridized carbons (Fsp3) is 0.333. The molecule has 0 saturated carbocycles. The fourth-order valence-electron chi connectivity index (χ4n) is 3.22. The van der Waals surface area contributed by atoms with Crippen molar-refractivity contribution in [2.45, 2.75) is 19.4 Å². The molecule has 1 unspecified atom stereocenters. The number of benzene rings is 1. The van der Waals surface area contributed by atoms with Gasteiger partial charge in [0.15, 0.2) is 0 Å². The molecule has 1 amide bonds. The molecule has 0 spiro atoms. The van der Waals surface area contributed by atoms with Crippen molar-refractivity contribution in [1.82, 2.24) is 9.47 Å². The summed E-state index contributed by atoms with van der Waals surface area (Å²) in [5.74, 6) is -0.265. The van der Waals surface area contributed by atoms with Gasteiger partial charge in [-0.1, -0.05) is 12.1 Å². The monoisotopic (exact) mass is 308 g/mol. The van der Waals surface area contributed by atoms with Crippen molar-refractivity contribution in [2.24, 2.45) is 11.7 Å². The number of aromatic nitrogens is 1. The first-order chi connectivity index (χ1) is 11.2. The standard InChI is InChI=1S/C18H20N4O/c19-11-14-5-1-2-8-17(14)22-10-4-7-16(22)13-21-9-3-6-15(12-21)18(20)23/h1-2,4-5,7-8,10,15H,3,6,9,12-13H2,(H2,20,23). The van der Waals surface area contributed by atoms with Gasteiger partial charge in [0, 0.05) is 25.0 Å². The van der Waals surface area contributed by atoms with E-state index in [-0.39, 0.29) is 11.8 Å². The molecule has 118 valence electrons. The number of carbonyl (C=O) groups excluding carboxylic acids is 1. The van der Waals surface area contributed by atoms with Crippen LogP contribution in [0.1, 0.15) is 24.1 Å². The Morgan fingerprint density at radius 3 is 2.91 bits per heavy atom. The number of rotatable bonds is 4. The van der Waals surface area contributed by atoms with Gasteiger partial charge in [0.2, 0.25) is 5.91 Å². The van der Waals surface area contributed by atoms with Gasteiger partial charge in [0.05, 0.1) is 17.2 Å². The van der Waals surface area contributed by atoms with Gasteiger partial charge in [0.1, 0.15) is 6.07 Å². The Kier molecular flexibility index (Phi) is 4.45. The van der Waals surface area contributed by atoms with Crippen LogP contribution in [0, 0.1) is 17.2 Å². The van der Waals surface area contributed by atoms with Crippen molar-refractivity contribution >= 4 is 5.91 Å². The van der Waals surface area contributed by atoms with E-state index in [9.17, 15) is 10.1 Å². The number of primary amides is 1. The third kappa shape index (κ3) is 3.27. The second-order valence-electron chi connectivity index (χ2n) is 5.98. The predicted octanol–water partition coefficient (Wildman–Crippen LogP) is 2.05. The van der Waals surface area contributed by atoms with Gasteiger partial charge < -0.3 is 10.3 Å². The third-order valence-corrected chi connectivity index (χ3v) is 4.41. The molecule has 0 bridgehead atoms. The van der Waals surface area contributed by atoms with Crippen LogP contribution in [0.2, 0.25) is 0 Å². The summed E-state index contributed by atoms with van der Waals surface area (Å²) in [5, 5.41) is 9.30. The molecule has 2 aromatic rings. The molecule has 1 fully saturated rings. The van der Waals surface area contributed by atoms with E-state index >= 15 is 0 Å². The van der Waals surface area contributed by atoms with Gasteiger partial charge in [-0.3, -0.25) is 9.69 Å². The van der Waals surface area contributed by atoms with E-state index in [1.165, 1.54) is 0 Å². The minimum Gasteiger partial charge on any atom is -0.369 e. The summed E-state index contributed by atoms with van der Waals surface area (Å²) >= 11 is 0. The second kappa shape index (κ2) is 6.67.